The summed E-state index contributed by atoms with van der Waals surface area (Å²) in [7, 11) is 0. The minimum absolute atomic E-state index is 0.117. The quantitative estimate of drug-likeness (QED) is 0.815. The predicted molar refractivity (Wildman–Crippen MR) is 74.9 cm³/mol. The molecule has 0 saturated carbocycles. The fourth-order valence-electron chi connectivity index (χ4n) is 1.93. The van der Waals surface area contributed by atoms with Gasteiger partial charge in [-0.05, 0) is 39.3 Å². The molecular weight excluding hydrogens is 226 g/mol. The van der Waals surface area contributed by atoms with Gasteiger partial charge in [0.2, 0.25) is 0 Å². The van der Waals surface area contributed by atoms with Gasteiger partial charge in [0.1, 0.15) is 5.69 Å². The first-order chi connectivity index (χ1) is 8.48. The standard InChI is InChI=1S/C14H23N3O/c1-5-8-14(3,4)17-13(18)12-10-11(15-6-2)7-9-16-12/h7,9-10H,5-6,8H2,1-4H3,(H,15,16)(H,17,18). The minimum Gasteiger partial charge on any atom is -0.385 e. The van der Waals surface area contributed by atoms with Crippen molar-refractivity contribution in [3.8, 4) is 0 Å². The third-order valence-corrected chi connectivity index (χ3v) is 2.70. The molecule has 0 spiro atoms. The van der Waals surface area contributed by atoms with Crippen LogP contribution in [0.5, 0.6) is 0 Å². The average molecular weight is 249 g/mol. The van der Waals surface area contributed by atoms with Crippen molar-refractivity contribution in [3.05, 3.63) is 24.0 Å². The molecule has 0 aliphatic carbocycles. The molecule has 1 aromatic rings. The lowest BCUT2D eigenvalue weighted by Crippen LogP contribution is -2.43. The molecule has 0 radical (unpaired) electrons. The van der Waals surface area contributed by atoms with E-state index >= 15 is 0 Å². The Hall–Kier alpha value is -1.58. The van der Waals surface area contributed by atoms with Crippen molar-refractivity contribution in [2.75, 3.05) is 11.9 Å². The highest BCUT2D eigenvalue weighted by atomic mass is 16.2. The second-order valence-electron chi connectivity index (χ2n) is 5.05. The van der Waals surface area contributed by atoms with Gasteiger partial charge in [0.15, 0.2) is 0 Å². The molecule has 0 aliphatic heterocycles. The SMILES string of the molecule is CCCC(C)(C)NC(=O)c1cc(NCC)ccn1. The number of rotatable bonds is 6. The highest BCUT2D eigenvalue weighted by molar-refractivity contribution is 5.93. The van der Waals surface area contributed by atoms with Crippen molar-refractivity contribution in [2.24, 2.45) is 0 Å². The first-order valence-corrected chi connectivity index (χ1v) is 6.51. The van der Waals surface area contributed by atoms with Crippen molar-refractivity contribution in [3.63, 3.8) is 0 Å². The van der Waals surface area contributed by atoms with Crippen LogP contribution in [0.1, 0.15) is 51.0 Å². The molecule has 1 rings (SSSR count). The van der Waals surface area contributed by atoms with E-state index < -0.39 is 0 Å². The van der Waals surface area contributed by atoms with Gasteiger partial charge in [0.05, 0.1) is 0 Å². The fourth-order valence-corrected chi connectivity index (χ4v) is 1.93. The van der Waals surface area contributed by atoms with Crippen LogP contribution in [0, 0.1) is 0 Å². The zero-order chi connectivity index (χ0) is 13.6. The van der Waals surface area contributed by atoms with Gasteiger partial charge in [-0.1, -0.05) is 13.3 Å². The predicted octanol–water partition coefficient (Wildman–Crippen LogP) is 2.82. The topological polar surface area (TPSA) is 54.0 Å². The maximum absolute atomic E-state index is 12.1. The van der Waals surface area contributed by atoms with Gasteiger partial charge < -0.3 is 10.6 Å². The third kappa shape index (κ3) is 4.35. The molecule has 100 valence electrons. The second kappa shape index (κ2) is 6.38. The maximum Gasteiger partial charge on any atom is 0.270 e. The van der Waals surface area contributed by atoms with Crippen LogP contribution in [0.25, 0.3) is 0 Å². The van der Waals surface area contributed by atoms with Crippen molar-refractivity contribution in [1.29, 1.82) is 0 Å². The molecule has 0 atom stereocenters. The molecule has 0 saturated heterocycles. The number of nitrogens with zero attached hydrogens (tertiary/aromatic N) is 1. The molecule has 0 fully saturated rings. The summed E-state index contributed by atoms with van der Waals surface area (Å²) in [5.74, 6) is -0.117. The molecule has 4 heteroatoms. The summed E-state index contributed by atoms with van der Waals surface area (Å²) in [6.07, 6.45) is 3.64. The molecule has 2 N–H and O–H groups in total. The normalized spacial score (nSPS) is 11.1. The van der Waals surface area contributed by atoms with Crippen LogP contribution in [0.4, 0.5) is 5.69 Å². The Bertz CT molecular complexity index is 402. The Morgan fingerprint density at radius 3 is 2.72 bits per heavy atom. The summed E-state index contributed by atoms with van der Waals surface area (Å²) < 4.78 is 0. The van der Waals surface area contributed by atoms with Crippen LogP contribution in [0.3, 0.4) is 0 Å². The monoisotopic (exact) mass is 249 g/mol. The number of hydrogen-bond acceptors (Lipinski definition) is 3. The molecule has 1 aromatic heterocycles. The van der Waals surface area contributed by atoms with Crippen LogP contribution < -0.4 is 10.6 Å². The van der Waals surface area contributed by atoms with Gasteiger partial charge in [0, 0.05) is 24.0 Å². The molecular formula is C14H23N3O. The van der Waals surface area contributed by atoms with Crippen LogP contribution in [0.2, 0.25) is 0 Å². The summed E-state index contributed by atoms with van der Waals surface area (Å²) in [5, 5.41) is 6.18. The molecule has 1 amide bonds. The van der Waals surface area contributed by atoms with Gasteiger partial charge in [-0.15, -0.1) is 0 Å². The van der Waals surface area contributed by atoms with Gasteiger partial charge in [-0.3, -0.25) is 9.78 Å². The van der Waals surface area contributed by atoms with E-state index in [1.54, 1.807) is 12.3 Å². The Morgan fingerprint density at radius 1 is 1.39 bits per heavy atom. The van der Waals surface area contributed by atoms with Crippen LogP contribution in [-0.2, 0) is 0 Å². The molecule has 0 aliphatic rings. The van der Waals surface area contributed by atoms with Gasteiger partial charge in [0.25, 0.3) is 5.91 Å². The third-order valence-electron chi connectivity index (χ3n) is 2.70. The molecule has 18 heavy (non-hydrogen) atoms. The summed E-state index contributed by atoms with van der Waals surface area (Å²) in [6, 6.07) is 3.64. The summed E-state index contributed by atoms with van der Waals surface area (Å²) in [4.78, 5) is 16.2. The van der Waals surface area contributed by atoms with E-state index in [0.717, 1.165) is 25.1 Å². The highest BCUT2D eigenvalue weighted by Gasteiger charge is 2.20. The van der Waals surface area contributed by atoms with Crippen molar-refractivity contribution in [1.82, 2.24) is 10.3 Å². The lowest BCUT2D eigenvalue weighted by molar-refractivity contribution is 0.0904. The average Bonchev–Trinajstić information content (AvgIpc) is 2.29. The largest absolute Gasteiger partial charge is 0.385 e. The Balaban J connectivity index is 2.75. The highest BCUT2D eigenvalue weighted by Crippen LogP contribution is 2.13. The Kier molecular flexibility index (Phi) is 5.13. The van der Waals surface area contributed by atoms with Crippen molar-refractivity contribution in [2.45, 2.75) is 46.1 Å². The fraction of sp³-hybridized carbons (Fsp3) is 0.571. The minimum atomic E-state index is -0.193. The summed E-state index contributed by atoms with van der Waals surface area (Å²) in [5.41, 5.74) is 1.19. The molecule has 0 unspecified atom stereocenters. The van der Waals surface area contributed by atoms with E-state index in [9.17, 15) is 4.79 Å². The first kappa shape index (κ1) is 14.5. The molecule has 1 heterocycles. The van der Waals surface area contributed by atoms with E-state index in [0.29, 0.717) is 5.69 Å². The van der Waals surface area contributed by atoms with Crippen LogP contribution >= 0.6 is 0 Å². The van der Waals surface area contributed by atoms with Gasteiger partial charge >= 0.3 is 0 Å². The maximum atomic E-state index is 12.1. The van der Waals surface area contributed by atoms with E-state index in [1.165, 1.54) is 0 Å². The summed E-state index contributed by atoms with van der Waals surface area (Å²) in [6.45, 7) is 9.01. The smallest absolute Gasteiger partial charge is 0.270 e. The van der Waals surface area contributed by atoms with Gasteiger partial charge in [-0.25, -0.2) is 0 Å². The number of amides is 1. The number of carbonyl (C=O) groups excluding carboxylic acids is 1. The summed E-state index contributed by atoms with van der Waals surface area (Å²) >= 11 is 0. The first-order valence-electron chi connectivity index (χ1n) is 6.51. The number of hydrogen-bond donors (Lipinski definition) is 2. The lowest BCUT2D eigenvalue weighted by Gasteiger charge is -2.25. The zero-order valence-corrected chi connectivity index (χ0v) is 11.7. The number of anilines is 1. The Labute approximate surface area is 109 Å². The second-order valence-corrected chi connectivity index (χ2v) is 5.05. The number of aromatic nitrogens is 1. The van der Waals surface area contributed by atoms with E-state index in [4.69, 9.17) is 0 Å². The van der Waals surface area contributed by atoms with Crippen molar-refractivity contribution >= 4 is 11.6 Å². The zero-order valence-electron chi connectivity index (χ0n) is 11.7. The molecule has 0 aromatic carbocycles. The Morgan fingerprint density at radius 2 is 2.11 bits per heavy atom. The molecule has 4 nitrogen and oxygen atoms in total. The van der Waals surface area contributed by atoms with E-state index in [1.807, 2.05) is 26.8 Å². The van der Waals surface area contributed by atoms with Crippen LogP contribution in [0.15, 0.2) is 18.3 Å². The number of pyridine rings is 1. The number of carbonyl (C=O) groups is 1. The van der Waals surface area contributed by atoms with Crippen molar-refractivity contribution < 1.29 is 4.79 Å². The van der Waals surface area contributed by atoms with E-state index in [-0.39, 0.29) is 11.4 Å². The molecule has 0 bridgehead atoms. The van der Waals surface area contributed by atoms with Gasteiger partial charge in [-0.2, -0.15) is 0 Å². The van der Waals surface area contributed by atoms with Crippen LogP contribution in [-0.4, -0.2) is 23.0 Å². The van der Waals surface area contributed by atoms with E-state index in [2.05, 4.69) is 22.5 Å². The lowest BCUT2D eigenvalue weighted by atomic mass is 9.99. The number of nitrogens with one attached hydrogen (secondary N) is 2.